The van der Waals surface area contributed by atoms with E-state index in [0.717, 1.165) is 11.1 Å². The Morgan fingerprint density at radius 1 is 1.07 bits per heavy atom. The molecule has 2 N–H and O–H groups in total. The fourth-order valence-corrected chi connectivity index (χ4v) is 2.89. The van der Waals surface area contributed by atoms with E-state index in [2.05, 4.69) is 26.8 Å². The van der Waals surface area contributed by atoms with Crippen LogP contribution in [0.1, 0.15) is 11.1 Å². The van der Waals surface area contributed by atoms with Gasteiger partial charge in [-0.2, -0.15) is 10.4 Å². The second-order valence-corrected chi connectivity index (χ2v) is 6.11. The largest absolute Gasteiger partial charge is 0.334 e. The van der Waals surface area contributed by atoms with E-state index in [1.165, 1.54) is 0 Å². The molecule has 0 unspecified atom stereocenters. The molecule has 0 saturated heterocycles. The molecule has 0 bridgehead atoms. The summed E-state index contributed by atoms with van der Waals surface area (Å²) < 4.78 is 1.61. The van der Waals surface area contributed by atoms with Gasteiger partial charge in [-0.05, 0) is 29.8 Å². The number of pyridine rings is 2. The van der Waals surface area contributed by atoms with Crippen LogP contribution >= 0.6 is 0 Å². The summed E-state index contributed by atoms with van der Waals surface area (Å²) in [7, 11) is 0. The number of nitrogens with one attached hydrogen (secondary N) is 2. The summed E-state index contributed by atoms with van der Waals surface area (Å²) in [4.78, 5) is 16.1. The Labute approximate surface area is 161 Å². The van der Waals surface area contributed by atoms with Crippen molar-refractivity contribution >= 4 is 17.2 Å². The van der Waals surface area contributed by atoms with Gasteiger partial charge in [0.2, 0.25) is 0 Å². The Kier molecular flexibility index (Phi) is 4.68. The van der Waals surface area contributed by atoms with E-state index in [1.54, 1.807) is 35.2 Å². The highest BCUT2D eigenvalue weighted by molar-refractivity contribution is 5.89. The average molecular weight is 368 g/mol. The van der Waals surface area contributed by atoms with Crippen LogP contribution in [0.25, 0.3) is 16.8 Å². The first kappa shape index (κ1) is 17.2. The van der Waals surface area contributed by atoms with E-state index in [-0.39, 0.29) is 6.03 Å². The number of carbonyl (C=O) groups is 1. The molecule has 3 heterocycles. The summed E-state index contributed by atoms with van der Waals surface area (Å²) in [6.45, 7) is 0.398. The van der Waals surface area contributed by atoms with Crippen LogP contribution in [0.2, 0.25) is 0 Å². The zero-order chi connectivity index (χ0) is 19.3. The van der Waals surface area contributed by atoms with Crippen molar-refractivity contribution in [1.29, 1.82) is 5.26 Å². The number of hydrogen-bond donors (Lipinski definition) is 2. The van der Waals surface area contributed by atoms with Crippen molar-refractivity contribution in [1.82, 2.24) is 19.9 Å². The fourth-order valence-electron chi connectivity index (χ4n) is 2.89. The van der Waals surface area contributed by atoms with E-state index in [9.17, 15) is 10.1 Å². The standard InChI is InChI=1S/C21H16N6O/c22-12-18-19-7-6-17(25-21(28)24-13-15-8-10-23-11-9-15)14-27(19)26-20(18)16-4-2-1-3-5-16/h1-11,14H,13H2,(H2,24,25,28). The quantitative estimate of drug-likeness (QED) is 0.575. The minimum atomic E-state index is -0.327. The van der Waals surface area contributed by atoms with Crippen LogP contribution in [-0.4, -0.2) is 20.6 Å². The average Bonchev–Trinajstić information content (AvgIpc) is 3.11. The van der Waals surface area contributed by atoms with Crippen LogP contribution in [0.15, 0.2) is 73.2 Å². The van der Waals surface area contributed by atoms with Gasteiger partial charge < -0.3 is 10.6 Å². The van der Waals surface area contributed by atoms with Gasteiger partial charge in [0.05, 0.1) is 17.4 Å². The SMILES string of the molecule is N#Cc1c(-c2ccccc2)nn2cc(NC(=O)NCc3ccncc3)ccc12. The highest BCUT2D eigenvalue weighted by Gasteiger charge is 2.14. The Hall–Kier alpha value is -4.18. The summed E-state index contributed by atoms with van der Waals surface area (Å²) in [5.74, 6) is 0. The lowest BCUT2D eigenvalue weighted by Gasteiger charge is -2.08. The molecule has 2 amide bonds. The van der Waals surface area contributed by atoms with E-state index in [4.69, 9.17) is 0 Å². The number of anilines is 1. The minimum Gasteiger partial charge on any atom is -0.334 e. The molecule has 7 nitrogen and oxygen atoms in total. The van der Waals surface area contributed by atoms with Crippen molar-refractivity contribution in [2.45, 2.75) is 6.54 Å². The lowest BCUT2D eigenvalue weighted by Crippen LogP contribution is -2.28. The Balaban J connectivity index is 1.55. The molecule has 3 aromatic heterocycles. The van der Waals surface area contributed by atoms with Crippen molar-refractivity contribution in [2.75, 3.05) is 5.32 Å². The van der Waals surface area contributed by atoms with Gasteiger partial charge in [0.15, 0.2) is 0 Å². The lowest BCUT2D eigenvalue weighted by molar-refractivity contribution is 0.251. The van der Waals surface area contributed by atoms with Crippen molar-refractivity contribution in [3.05, 3.63) is 84.3 Å². The third-order valence-electron chi connectivity index (χ3n) is 4.25. The second-order valence-electron chi connectivity index (χ2n) is 6.11. The zero-order valence-corrected chi connectivity index (χ0v) is 14.8. The number of amides is 2. The van der Waals surface area contributed by atoms with Crippen molar-refractivity contribution < 1.29 is 4.79 Å². The van der Waals surface area contributed by atoms with Gasteiger partial charge in [0.25, 0.3) is 0 Å². The molecule has 0 aliphatic heterocycles. The van der Waals surface area contributed by atoms with E-state index >= 15 is 0 Å². The zero-order valence-electron chi connectivity index (χ0n) is 14.8. The first-order valence-electron chi connectivity index (χ1n) is 8.66. The highest BCUT2D eigenvalue weighted by atomic mass is 16.2. The maximum atomic E-state index is 12.2. The van der Waals surface area contributed by atoms with Gasteiger partial charge in [0, 0.05) is 24.5 Å². The highest BCUT2D eigenvalue weighted by Crippen LogP contribution is 2.26. The number of nitrogens with zero attached hydrogens (tertiary/aromatic N) is 4. The summed E-state index contributed by atoms with van der Waals surface area (Å²) in [5, 5.41) is 19.7. The topological polar surface area (TPSA) is 95.1 Å². The van der Waals surface area contributed by atoms with Crippen molar-refractivity contribution in [3.63, 3.8) is 0 Å². The predicted octanol–water partition coefficient (Wildman–Crippen LogP) is 3.59. The predicted molar refractivity (Wildman–Crippen MR) is 105 cm³/mol. The molecule has 0 aliphatic carbocycles. The molecule has 0 spiro atoms. The van der Waals surface area contributed by atoms with E-state index < -0.39 is 0 Å². The van der Waals surface area contributed by atoms with Crippen LogP contribution in [0.5, 0.6) is 0 Å². The summed E-state index contributed by atoms with van der Waals surface area (Å²) in [6, 6.07) is 18.6. The number of benzene rings is 1. The number of rotatable bonds is 4. The first-order valence-corrected chi connectivity index (χ1v) is 8.66. The smallest absolute Gasteiger partial charge is 0.319 e. The maximum Gasteiger partial charge on any atom is 0.319 e. The van der Waals surface area contributed by atoms with Gasteiger partial charge in [-0.25, -0.2) is 9.31 Å². The first-order chi connectivity index (χ1) is 13.7. The van der Waals surface area contributed by atoms with Gasteiger partial charge >= 0.3 is 6.03 Å². The number of carbonyl (C=O) groups excluding carboxylic acids is 1. The van der Waals surface area contributed by atoms with Gasteiger partial charge in [-0.3, -0.25) is 4.98 Å². The lowest BCUT2D eigenvalue weighted by atomic mass is 10.1. The summed E-state index contributed by atoms with van der Waals surface area (Å²) in [5.41, 5.74) is 4.20. The van der Waals surface area contributed by atoms with Crippen LogP contribution in [0, 0.1) is 11.3 Å². The molecule has 0 atom stereocenters. The number of nitriles is 1. The normalized spacial score (nSPS) is 10.4. The third kappa shape index (κ3) is 3.52. The van der Waals surface area contributed by atoms with Gasteiger partial charge in [-0.15, -0.1) is 0 Å². The van der Waals surface area contributed by atoms with Crippen LogP contribution < -0.4 is 10.6 Å². The Bertz CT molecular complexity index is 1160. The monoisotopic (exact) mass is 368 g/mol. The molecule has 0 radical (unpaired) electrons. The van der Waals surface area contributed by atoms with E-state index in [1.807, 2.05) is 42.5 Å². The van der Waals surface area contributed by atoms with Gasteiger partial charge in [-0.1, -0.05) is 30.3 Å². The molecule has 4 aromatic rings. The van der Waals surface area contributed by atoms with Crippen LogP contribution in [0.3, 0.4) is 0 Å². The summed E-state index contributed by atoms with van der Waals surface area (Å²) >= 11 is 0. The fraction of sp³-hybridized carbons (Fsp3) is 0.0476. The maximum absolute atomic E-state index is 12.2. The van der Waals surface area contributed by atoms with Crippen molar-refractivity contribution in [3.8, 4) is 17.3 Å². The Morgan fingerprint density at radius 2 is 1.86 bits per heavy atom. The number of aromatic nitrogens is 3. The molecule has 0 aliphatic rings. The van der Waals surface area contributed by atoms with Gasteiger partial charge in [0.1, 0.15) is 17.3 Å². The molecule has 1 aromatic carbocycles. The van der Waals surface area contributed by atoms with E-state index in [0.29, 0.717) is 29.0 Å². The van der Waals surface area contributed by atoms with Crippen LogP contribution in [-0.2, 0) is 6.54 Å². The molecule has 136 valence electrons. The second kappa shape index (κ2) is 7.60. The molecule has 0 fully saturated rings. The molecule has 28 heavy (non-hydrogen) atoms. The Morgan fingerprint density at radius 3 is 2.61 bits per heavy atom. The molecular weight excluding hydrogens is 352 g/mol. The summed E-state index contributed by atoms with van der Waals surface area (Å²) in [6.07, 6.45) is 5.05. The van der Waals surface area contributed by atoms with Crippen LogP contribution in [0.4, 0.5) is 10.5 Å². The van der Waals surface area contributed by atoms with Crippen molar-refractivity contribution in [2.24, 2.45) is 0 Å². The number of urea groups is 1. The molecule has 7 heteroatoms. The third-order valence-corrected chi connectivity index (χ3v) is 4.25. The number of fused-ring (bicyclic) bond motifs is 1. The molecule has 4 rings (SSSR count). The minimum absolute atomic E-state index is 0.327. The number of hydrogen-bond acceptors (Lipinski definition) is 4. The molecular formula is C21H16N6O. The molecule has 0 saturated carbocycles.